The molecule has 0 spiro atoms. The van der Waals surface area contributed by atoms with Gasteiger partial charge in [-0.25, -0.2) is 0 Å². The van der Waals surface area contributed by atoms with Gasteiger partial charge >= 0.3 is 11.9 Å². The summed E-state index contributed by atoms with van der Waals surface area (Å²) in [6.45, 7) is -0.427. The van der Waals surface area contributed by atoms with E-state index in [4.69, 9.17) is 0 Å². The van der Waals surface area contributed by atoms with Gasteiger partial charge in [0, 0.05) is 24.2 Å². The summed E-state index contributed by atoms with van der Waals surface area (Å²) in [5.41, 5.74) is 3.21. The molecule has 180 valence electrons. The van der Waals surface area contributed by atoms with Crippen LogP contribution < -0.4 is 21.3 Å². The molecule has 0 aromatic heterocycles. The van der Waals surface area contributed by atoms with Crippen LogP contribution in [0, 0.1) is 0 Å². The van der Waals surface area contributed by atoms with E-state index in [1.165, 1.54) is 14.2 Å². The lowest BCUT2D eigenvalue weighted by Gasteiger charge is -2.23. The lowest BCUT2D eigenvalue weighted by atomic mass is 10.0. The van der Waals surface area contributed by atoms with Crippen LogP contribution in [0.1, 0.15) is 11.1 Å². The first-order valence-electron chi connectivity index (χ1n) is 10.8. The SMILES string of the molecule is COC(=O)CNC(=O)[C@@H]1Cc2ccc(cc2)N[C@H](C(=O)NCC(=O)OC)Cc2ccc(cc2)N1. The molecule has 4 heterocycles. The van der Waals surface area contributed by atoms with Gasteiger partial charge in [0.1, 0.15) is 25.2 Å². The van der Waals surface area contributed by atoms with Crippen molar-refractivity contribution in [2.24, 2.45) is 0 Å². The van der Waals surface area contributed by atoms with Crippen LogP contribution in [0.2, 0.25) is 0 Å². The minimum Gasteiger partial charge on any atom is -0.468 e. The fourth-order valence-corrected chi connectivity index (χ4v) is 3.48. The van der Waals surface area contributed by atoms with Gasteiger partial charge in [-0.15, -0.1) is 0 Å². The highest BCUT2D eigenvalue weighted by Crippen LogP contribution is 2.19. The van der Waals surface area contributed by atoms with Crippen LogP contribution in [0.4, 0.5) is 11.4 Å². The van der Waals surface area contributed by atoms with Crippen LogP contribution in [0.3, 0.4) is 0 Å². The zero-order chi connectivity index (χ0) is 24.5. The quantitative estimate of drug-likeness (QED) is 0.454. The Hall–Kier alpha value is -4.08. The molecule has 4 aliphatic rings. The van der Waals surface area contributed by atoms with Crippen LogP contribution >= 0.6 is 0 Å². The first kappa shape index (κ1) is 24.6. The molecule has 0 unspecified atom stereocenters. The zero-order valence-corrected chi connectivity index (χ0v) is 19.1. The molecule has 34 heavy (non-hydrogen) atoms. The van der Waals surface area contributed by atoms with Gasteiger partial charge in [-0.2, -0.15) is 0 Å². The predicted octanol–water partition coefficient (Wildman–Crippen LogP) is 0.625. The van der Waals surface area contributed by atoms with Crippen molar-refractivity contribution in [2.45, 2.75) is 24.9 Å². The molecule has 2 aromatic rings. The van der Waals surface area contributed by atoms with Crippen LogP contribution in [0.25, 0.3) is 0 Å². The molecule has 4 N–H and O–H groups in total. The molecule has 0 aliphatic carbocycles. The van der Waals surface area contributed by atoms with E-state index in [1.807, 2.05) is 48.5 Å². The second kappa shape index (κ2) is 11.7. The minimum absolute atomic E-state index is 0.214. The Morgan fingerprint density at radius 1 is 0.706 bits per heavy atom. The summed E-state index contributed by atoms with van der Waals surface area (Å²) in [7, 11) is 2.53. The second-order valence-electron chi connectivity index (χ2n) is 7.78. The summed E-state index contributed by atoms with van der Waals surface area (Å²) in [4.78, 5) is 48.3. The number of anilines is 2. The number of esters is 2. The first-order valence-corrected chi connectivity index (χ1v) is 10.8. The van der Waals surface area contributed by atoms with Crippen molar-refractivity contribution in [2.75, 3.05) is 37.9 Å². The zero-order valence-electron chi connectivity index (χ0n) is 19.1. The van der Waals surface area contributed by atoms with Crippen molar-refractivity contribution < 1.29 is 28.7 Å². The molecule has 4 bridgehead atoms. The Morgan fingerprint density at radius 3 is 1.38 bits per heavy atom. The van der Waals surface area contributed by atoms with E-state index < -0.39 is 24.0 Å². The van der Waals surface area contributed by atoms with Gasteiger partial charge in [0.2, 0.25) is 11.8 Å². The molecular formula is C24H28N4O6. The topological polar surface area (TPSA) is 135 Å². The molecule has 0 fully saturated rings. The highest BCUT2D eigenvalue weighted by atomic mass is 16.5. The smallest absolute Gasteiger partial charge is 0.325 e. The van der Waals surface area contributed by atoms with E-state index in [0.717, 1.165) is 22.5 Å². The summed E-state index contributed by atoms with van der Waals surface area (Å²) in [6.07, 6.45) is 0.746. The number of hydrogen-bond donors (Lipinski definition) is 4. The van der Waals surface area contributed by atoms with Crippen molar-refractivity contribution in [3.63, 3.8) is 0 Å². The maximum Gasteiger partial charge on any atom is 0.325 e. The molecule has 0 saturated heterocycles. The standard InChI is InChI=1S/C24H28N4O6/c1-33-21(29)13-25-23(31)19-11-15-3-9-18(10-4-15)28-20(24(32)26-14-22(30)34-2)12-16-5-7-17(27-19)8-6-16/h3-10,19-20,27-28H,11-14H2,1-2H3,(H,25,31)(H,26,32)/t19-,20-/m0/s1. The minimum atomic E-state index is -0.617. The Bertz CT molecular complexity index is 889. The van der Waals surface area contributed by atoms with Crippen molar-refractivity contribution in [1.29, 1.82) is 0 Å². The van der Waals surface area contributed by atoms with Gasteiger partial charge in [-0.05, 0) is 35.4 Å². The van der Waals surface area contributed by atoms with Gasteiger partial charge < -0.3 is 30.7 Å². The van der Waals surface area contributed by atoms with E-state index in [9.17, 15) is 19.2 Å². The van der Waals surface area contributed by atoms with Crippen molar-refractivity contribution in [3.8, 4) is 0 Å². The van der Waals surface area contributed by atoms with Gasteiger partial charge in [-0.1, -0.05) is 24.3 Å². The highest BCUT2D eigenvalue weighted by molar-refractivity contribution is 5.89. The molecule has 4 aliphatic heterocycles. The van der Waals surface area contributed by atoms with Crippen LogP contribution in [0.5, 0.6) is 0 Å². The molecular weight excluding hydrogens is 440 g/mol. The monoisotopic (exact) mass is 468 g/mol. The fraction of sp³-hybridized carbons (Fsp3) is 0.333. The van der Waals surface area contributed by atoms with Crippen molar-refractivity contribution in [3.05, 3.63) is 59.7 Å². The Morgan fingerprint density at radius 2 is 1.06 bits per heavy atom. The van der Waals surface area contributed by atoms with Crippen molar-refractivity contribution >= 4 is 35.1 Å². The van der Waals surface area contributed by atoms with Gasteiger partial charge in [0.25, 0.3) is 0 Å². The predicted molar refractivity (Wildman–Crippen MR) is 125 cm³/mol. The first-order chi connectivity index (χ1) is 16.4. The Balaban J connectivity index is 1.82. The molecule has 10 nitrogen and oxygen atoms in total. The maximum absolute atomic E-state index is 12.8. The van der Waals surface area contributed by atoms with E-state index in [-0.39, 0.29) is 24.9 Å². The average Bonchev–Trinajstić information content (AvgIpc) is 2.86. The van der Waals surface area contributed by atoms with E-state index in [1.54, 1.807) is 0 Å². The highest BCUT2D eigenvalue weighted by Gasteiger charge is 2.23. The summed E-state index contributed by atoms with van der Waals surface area (Å²) in [6, 6.07) is 13.5. The van der Waals surface area contributed by atoms with Gasteiger partial charge in [-0.3, -0.25) is 19.2 Å². The fourth-order valence-electron chi connectivity index (χ4n) is 3.48. The molecule has 2 atom stereocenters. The summed E-state index contributed by atoms with van der Waals surface area (Å²) >= 11 is 0. The van der Waals surface area contributed by atoms with Gasteiger partial charge in [0.05, 0.1) is 14.2 Å². The number of amides is 2. The molecule has 6 rings (SSSR count). The molecule has 0 saturated carbocycles. The molecule has 2 aromatic carbocycles. The number of rotatable bonds is 6. The number of ether oxygens (including phenoxy) is 2. The third-order valence-corrected chi connectivity index (χ3v) is 5.37. The normalized spacial score (nSPS) is 16.9. The number of nitrogens with one attached hydrogen (secondary N) is 4. The summed E-state index contributed by atoms with van der Waals surface area (Å²) in [5, 5.41) is 11.6. The van der Waals surface area contributed by atoms with E-state index in [2.05, 4.69) is 30.7 Å². The Kier molecular flexibility index (Phi) is 8.44. The number of carbonyl (C=O) groups is 4. The summed E-state index contributed by atoms with van der Waals surface area (Å²) in [5.74, 6) is -1.71. The van der Waals surface area contributed by atoms with Gasteiger partial charge in [0.15, 0.2) is 0 Å². The average molecular weight is 469 g/mol. The number of carbonyl (C=O) groups excluding carboxylic acids is 4. The molecule has 10 heteroatoms. The maximum atomic E-state index is 12.8. The van der Waals surface area contributed by atoms with E-state index in [0.29, 0.717) is 12.8 Å². The summed E-state index contributed by atoms with van der Waals surface area (Å²) < 4.78 is 9.18. The van der Waals surface area contributed by atoms with E-state index >= 15 is 0 Å². The second-order valence-corrected chi connectivity index (χ2v) is 7.78. The molecule has 0 radical (unpaired) electrons. The Labute approximate surface area is 197 Å². The number of hydrogen-bond acceptors (Lipinski definition) is 8. The third kappa shape index (κ3) is 6.96. The number of benzene rings is 2. The van der Waals surface area contributed by atoms with Crippen LogP contribution in [-0.4, -0.2) is 63.1 Å². The van der Waals surface area contributed by atoms with Crippen molar-refractivity contribution in [1.82, 2.24) is 10.6 Å². The lowest BCUT2D eigenvalue weighted by molar-refractivity contribution is -0.141. The third-order valence-electron chi connectivity index (χ3n) is 5.37. The largest absolute Gasteiger partial charge is 0.468 e. The molecule has 2 amide bonds. The van der Waals surface area contributed by atoms with Crippen LogP contribution in [0.15, 0.2) is 48.5 Å². The number of methoxy groups -OCH3 is 2. The van der Waals surface area contributed by atoms with Crippen LogP contribution in [-0.2, 0) is 41.5 Å². The lowest BCUT2D eigenvalue weighted by Crippen LogP contribution is -2.43.